The first-order chi connectivity index (χ1) is 11.4. The minimum Gasteiger partial charge on any atom is -0.319 e. The van der Waals surface area contributed by atoms with E-state index in [1.807, 2.05) is 6.07 Å². The van der Waals surface area contributed by atoms with Crippen LogP contribution in [-0.4, -0.2) is 16.8 Å². The van der Waals surface area contributed by atoms with Crippen molar-refractivity contribution in [1.82, 2.24) is 10.2 Å². The van der Waals surface area contributed by atoms with Gasteiger partial charge in [0.05, 0.1) is 18.2 Å². The van der Waals surface area contributed by atoms with Crippen molar-refractivity contribution in [2.24, 2.45) is 0 Å². The molecule has 0 aliphatic carbocycles. The quantitative estimate of drug-likeness (QED) is 0.883. The van der Waals surface area contributed by atoms with E-state index in [-0.39, 0.29) is 12.4 Å². The molecule has 1 fully saturated rings. The molecule has 0 saturated carbocycles. The van der Waals surface area contributed by atoms with Crippen molar-refractivity contribution in [3.8, 4) is 6.07 Å². The number of hydrogen-bond acceptors (Lipinski definition) is 3. The molecule has 0 aromatic heterocycles. The topological polar surface area (TPSA) is 73.2 Å². The fourth-order valence-corrected chi connectivity index (χ4v) is 2.71. The van der Waals surface area contributed by atoms with Gasteiger partial charge in [0.1, 0.15) is 11.4 Å². The number of nitriles is 1. The highest BCUT2D eigenvalue weighted by atomic mass is 19.1. The number of carbonyl (C=O) groups is 2. The number of carbonyl (C=O) groups excluding carboxylic acids is 2. The number of nitrogens with zero attached hydrogens (tertiary/aromatic N) is 2. The Labute approximate surface area is 138 Å². The molecule has 0 spiro atoms. The van der Waals surface area contributed by atoms with Gasteiger partial charge in [0.2, 0.25) is 0 Å². The Hall–Kier alpha value is -3.20. The van der Waals surface area contributed by atoms with Crippen molar-refractivity contribution in [2.45, 2.75) is 19.0 Å². The fourth-order valence-electron chi connectivity index (χ4n) is 2.71. The Morgan fingerprint density at radius 3 is 2.58 bits per heavy atom. The van der Waals surface area contributed by atoms with E-state index in [2.05, 4.69) is 5.32 Å². The highest BCUT2D eigenvalue weighted by Gasteiger charge is 2.48. The van der Waals surface area contributed by atoms with Gasteiger partial charge in [-0.2, -0.15) is 5.26 Å². The van der Waals surface area contributed by atoms with Crippen LogP contribution in [0.3, 0.4) is 0 Å². The third-order valence-corrected chi connectivity index (χ3v) is 4.10. The molecule has 3 rings (SSSR count). The average Bonchev–Trinajstić information content (AvgIpc) is 2.81. The molecule has 1 aliphatic heterocycles. The van der Waals surface area contributed by atoms with Gasteiger partial charge in [0.15, 0.2) is 0 Å². The molecule has 5 nitrogen and oxygen atoms in total. The highest BCUT2D eigenvalue weighted by molar-refractivity contribution is 6.07. The monoisotopic (exact) mass is 323 g/mol. The zero-order chi connectivity index (χ0) is 17.3. The summed E-state index contributed by atoms with van der Waals surface area (Å²) in [5.74, 6) is -0.791. The first-order valence-corrected chi connectivity index (χ1v) is 7.33. The Balaban J connectivity index is 1.90. The van der Waals surface area contributed by atoms with E-state index in [0.29, 0.717) is 16.7 Å². The van der Waals surface area contributed by atoms with E-state index < -0.39 is 17.5 Å². The first-order valence-electron chi connectivity index (χ1n) is 7.33. The van der Waals surface area contributed by atoms with E-state index in [0.717, 1.165) is 4.90 Å². The van der Waals surface area contributed by atoms with Gasteiger partial charge in [-0.3, -0.25) is 9.69 Å². The van der Waals surface area contributed by atoms with Crippen LogP contribution >= 0.6 is 0 Å². The number of hydrogen-bond donors (Lipinski definition) is 1. The van der Waals surface area contributed by atoms with Crippen LogP contribution in [-0.2, 0) is 16.9 Å². The number of imide groups is 1. The molecule has 1 atom stereocenters. The van der Waals surface area contributed by atoms with Crippen LogP contribution in [0.5, 0.6) is 0 Å². The first kappa shape index (κ1) is 15.7. The summed E-state index contributed by atoms with van der Waals surface area (Å²) >= 11 is 0. The molecule has 0 bridgehead atoms. The van der Waals surface area contributed by atoms with Gasteiger partial charge in [-0.05, 0) is 42.3 Å². The van der Waals surface area contributed by atoms with Crippen LogP contribution in [0, 0.1) is 17.1 Å². The van der Waals surface area contributed by atoms with Gasteiger partial charge < -0.3 is 5.32 Å². The molecule has 2 aromatic rings. The number of rotatable bonds is 3. The molecule has 120 valence electrons. The molecular weight excluding hydrogens is 309 g/mol. The van der Waals surface area contributed by atoms with Crippen molar-refractivity contribution >= 4 is 11.9 Å². The predicted molar refractivity (Wildman–Crippen MR) is 84.0 cm³/mol. The maximum atomic E-state index is 13.0. The molecular formula is C18H14FN3O2. The molecule has 0 unspecified atom stereocenters. The van der Waals surface area contributed by atoms with Gasteiger partial charge in [0, 0.05) is 0 Å². The lowest BCUT2D eigenvalue weighted by atomic mass is 9.91. The molecule has 1 saturated heterocycles. The van der Waals surface area contributed by atoms with E-state index in [1.54, 1.807) is 31.2 Å². The molecule has 1 heterocycles. The van der Waals surface area contributed by atoms with Crippen molar-refractivity contribution in [1.29, 1.82) is 5.26 Å². The van der Waals surface area contributed by atoms with E-state index >= 15 is 0 Å². The van der Waals surface area contributed by atoms with Crippen LogP contribution in [0.4, 0.5) is 9.18 Å². The zero-order valence-corrected chi connectivity index (χ0v) is 12.9. The van der Waals surface area contributed by atoms with Gasteiger partial charge in [-0.1, -0.05) is 24.3 Å². The third kappa shape index (κ3) is 2.61. The van der Waals surface area contributed by atoms with E-state index in [9.17, 15) is 14.0 Å². The van der Waals surface area contributed by atoms with Gasteiger partial charge in [-0.15, -0.1) is 0 Å². The van der Waals surface area contributed by atoms with Crippen LogP contribution in [0.1, 0.15) is 23.6 Å². The largest absolute Gasteiger partial charge is 0.325 e. The molecule has 1 aliphatic rings. The Morgan fingerprint density at radius 2 is 1.92 bits per heavy atom. The molecule has 24 heavy (non-hydrogen) atoms. The molecule has 3 amide bonds. The summed E-state index contributed by atoms with van der Waals surface area (Å²) in [6.07, 6.45) is 0. The molecule has 0 radical (unpaired) electrons. The Bertz CT molecular complexity index is 857. The second-order valence-electron chi connectivity index (χ2n) is 5.77. The van der Waals surface area contributed by atoms with Gasteiger partial charge in [0.25, 0.3) is 5.91 Å². The fraction of sp³-hybridized carbons (Fsp3) is 0.167. The lowest BCUT2D eigenvalue weighted by molar-refractivity contribution is -0.131. The summed E-state index contributed by atoms with van der Waals surface area (Å²) in [6, 6.07) is 13.7. The summed E-state index contributed by atoms with van der Waals surface area (Å²) in [5, 5.41) is 11.7. The lowest BCUT2D eigenvalue weighted by Crippen LogP contribution is -2.40. The van der Waals surface area contributed by atoms with Crippen molar-refractivity contribution in [3.63, 3.8) is 0 Å². The summed E-state index contributed by atoms with van der Waals surface area (Å²) < 4.78 is 13.0. The minimum atomic E-state index is -1.23. The maximum absolute atomic E-state index is 13.0. The smallest absolute Gasteiger partial charge is 0.319 e. The molecule has 6 heteroatoms. The second-order valence-corrected chi connectivity index (χ2v) is 5.77. The SMILES string of the molecule is C[C@]1(c2cccc(C#N)c2)NC(=O)N(Cc2ccc(F)cc2)C1=O. The number of amides is 3. The Morgan fingerprint density at radius 1 is 1.21 bits per heavy atom. The highest BCUT2D eigenvalue weighted by Crippen LogP contribution is 2.30. The predicted octanol–water partition coefficient (Wildman–Crippen LogP) is 2.66. The average molecular weight is 323 g/mol. The van der Waals surface area contributed by atoms with Crippen LogP contribution < -0.4 is 5.32 Å². The second kappa shape index (κ2) is 5.78. The van der Waals surface area contributed by atoms with Crippen molar-refractivity contribution < 1.29 is 14.0 Å². The minimum absolute atomic E-state index is 0.0540. The number of halogens is 1. The van der Waals surface area contributed by atoms with Crippen LogP contribution in [0.25, 0.3) is 0 Å². The summed E-state index contributed by atoms with van der Waals surface area (Å²) in [5.41, 5.74) is 0.369. The number of benzene rings is 2. The van der Waals surface area contributed by atoms with Crippen LogP contribution in [0.2, 0.25) is 0 Å². The normalized spacial score (nSPS) is 20.0. The van der Waals surface area contributed by atoms with E-state index in [4.69, 9.17) is 5.26 Å². The van der Waals surface area contributed by atoms with E-state index in [1.165, 1.54) is 24.3 Å². The number of nitrogens with one attached hydrogen (secondary N) is 1. The summed E-state index contributed by atoms with van der Waals surface area (Å²) in [7, 11) is 0. The van der Waals surface area contributed by atoms with Gasteiger partial charge in [-0.25, -0.2) is 9.18 Å². The third-order valence-electron chi connectivity index (χ3n) is 4.10. The maximum Gasteiger partial charge on any atom is 0.325 e. The van der Waals surface area contributed by atoms with Crippen molar-refractivity contribution in [3.05, 3.63) is 71.0 Å². The van der Waals surface area contributed by atoms with Crippen LogP contribution in [0.15, 0.2) is 48.5 Å². The number of urea groups is 1. The van der Waals surface area contributed by atoms with Crippen molar-refractivity contribution in [2.75, 3.05) is 0 Å². The standard InChI is InChI=1S/C18H14FN3O2/c1-18(14-4-2-3-13(9-14)10-20)16(23)22(17(24)21-18)11-12-5-7-15(19)8-6-12/h2-9H,11H2,1H3,(H,21,24)/t18-/m1/s1. The lowest BCUT2D eigenvalue weighted by Gasteiger charge is -2.22. The summed E-state index contributed by atoms with van der Waals surface area (Å²) in [4.78, 5) is 26.1. The Kier molecular flexibility index (Phi) is 3.78. The molecule has 1 N–H and O–H groups in total. The molecule has 2 aromatic carbocycles. The zero-order valence-electron chi connectivity index (χ0n) is 12.9. The van der Waals surface area contributed by atoms with Gasteiger partial charge >= 0.3 is 6.03 Å². The summed E-state index contributed by atoms with van der Waals surface area (Å²) in [6.45, 7) is 1.66.